The molecule has 9 heterocycles. The first-order valence-corrected chi connectivity index (χ1v) is 34.2. The molecular formula is C71H88FN11O8S. The van der Waals surface area contributed by atoms with Gasteiger partial charge in [-0.25, -0.2) is 14.2 Å². The number of nitrogens with zero attached hydrogens (tertiary/aromatic N) is 10. The number of likely N-dealkylation sites (tertiary alicyclic amines) is 2. The zero-order chi connectivity index (χ0) is 64.2. The van der Waals surface area contributed by atoms with Crippen molar-refractivity contribution in [3.8, 4) is 33.5 Å². The number of nitrogens with one attached hydrogen (secondary N) is 1. The molecular weight excluding hydrogens is 1190 g/mol. The Balaban J connectivity index is 0.631. The van der Waals surface area contributed by atoms with Gasteiger partial charge < -0.3 is 48.4 Å². The molecule has 0 spiro atoms. The van der Waals surface area contributed by atoms with Crippen molar-refractivity contribution < 1.29 is 42.2 Å². The van der Waals surface area contributed by atoms with Crippen molar-refractivity contribution in [2.24, 2.45) is 23.2 Å². The first-order chi connectivity index (χ1) is 44.3. The number of piperazine rings is 1. The van der Waals surface area contributed by atoms with Gasteiger partial charge in [-0.2, -0.15) is 9.97 Å². The number of piperidine rings is 1. The number of carbonyl (C=O) groups excluding carboxylic acids is 3. The molecule has 0 radical (unpaired) electrons. The predicted octanol–water partition coefficient (Wildman–Crippen LogP) is 12.5. The Hall–Kier alpha value is -7.49. The van der Waals surface area contributed by atoms with Gasteiger partial charge in [-0.15, -0.1) is 11.3 Å². The van der Waals surface area contributed by atoms with Crippen molar-refractivity contribution in [1.82, 2.24) is 45.1 Å². The molecule has 2 bridgehead atoms. The number of thiazole rings is 1. The van der Waals surface area contributed by atoms with Crippen LogP contribution in [0.4, 0.5) is 20.8 Å². The number of benzene rings is 3. The van der Waals surface area contributed by atoms with Crippen LogP contribution < -0.4 is 24.6 Å². The largest absolute Gasteiger partial charge is 0.468 e. The molecule has 488 valence electrons. The van der Waals surface area contributed by atoms with E-state index in [9.17, 15) is 14.4 Å². The van der Waals surface area contributed by atoms with E-state index >= 15 is 4.39 Å². The molecule has 5 aliphatic heterocycles. The van der Waals surface area contributed by atoms with Crippen molar-refractivity contribution in [2.75, 3.05) is 82.7 Å². The van der Waals surface area contributed by atoms with Gasteiger partial charge in [-0.1, -0.05) is 68.4 Å². The number of pyridine rings is 1. The lowest BCUT2D eigenvalue weighted by Gasteiger charge is -2.42. The third kappa shape index (κ3) is 13.1. The lowest BCUT2D eigenvalue weighted by Crippen LogP contribution is -2.57. The van der Waals surface area contributed by atoms with Crippen LogP contribution in [-0.2, 0) is 25.5 Å². The minimum absolute atomic E-state index is 0.0341. The number of fused-ring (bicyclic) bond motifs is 4. The van der Waals surface area contributed by atoms with Crippen molar-refractivity contribution in [3.05, 3.63) is 101 Å². The fraction of sp³-hybridized carbons (Fsp3) is 0.549. The van der Waals surface area contributed by atoms with E-state index in [1.165, 1.54) is 0 Å². The van der Waals surface area contributed by atoms with Crippen LogP contribution in [-0.4, -0.2) is 154 Å². The summed E-state index contributed by atoms with van der Waals surface area (Å²) < 4.78 is 47.6. The second-order valence-corrected chi connectivity index (χ2v) is 29.1. The van der Waals surface area contributed by atoms with E-state index in [0.29, 0.717) is 72.8 Å². The molecule has 13 rings (SSSR count). The molecule has 92 heavy (non-hydrogen) atoms. The highest BCUT2D eigenvalue weighted by atomic mass is 32.1. The van der Waals surface area contributed by atoms with E-state index in [-0.39, 0.29) is 71.4 Å². The smallest absolute Gasteiger partial charge is 0.410 e. The molecule has 21 heteroatoms. The molecule has 3 amide bonds. The van der Waals surface area contributed by atoms with Crippen LogP contribution in [0.2, 0.25) is 0 Å². The number of aromatic nitrogens is 5. The summed E-state index contributed by atoms with van der Waals surface area (Å²) in [6.45, 7) is 22.5. The first kappa shape index (κ1) is 63.3. The number of methoxy groups -OCH3 is 1. The summed E-state index contributed by atoms with van der Waals surface area (Å²) in [5, 5.41) is 9.99. The maximum absolute atomic E-state index is 17.8. The maximum atomic E-state index is 17.8. The third-order valence-corrected chi connectivity index (χ3v) is 21.1. The number of anilines is 2. The number of rotatable bonds is 21. The number of amides is 3. The molecule has 19 nitrogen and oxygen atoms in total. The second-order valence-electron chi connectivity index (χ2n) is 28.2. The number of halogens is 1. The molecule has 3 unspecified atom stereocenters. The van der Waals surface area contributed by atoms with E-state index in [1.807, 2.05) is 89.2 Å². The molecule has 7 aromatic rings. The monoisotopic (exact) mass is 1270 g/mol. The van der Waals surface area contributed by atoms with Crippen molar-refractivity contribution in [3.63, 3.8) is 0 Å². The zero-order valence-corrected chi connectivity index (χ0v) is 55.5. The Morgan fingerprint density at radius 3 is 2.33 bits per heavy atom. The van der Waals surface area contributed by atoms with E-state index in [0.717, 1.165) is 134 Å². The molecule has 1 N–H and O–H groups in total. The normalized spacial score (nSPS) is 20.9. The van der Waals surface area contributed by atoms with Crippen LogP contribution >= 0.6 is 11.3 Å². The van der Waals surface area contributed by atoms with E-state index in [1.54, 1.807) is 29.5 Å². The fourth-order valence-corrected chi connectivity index (χ4v) is 15.8. The van der Waals surface area contributed by atoms with Crippen molar-refractivity contribution in [2.45, 2.75) is 155 Å². The third-order valence-electron chi connectivity index (χ3n) is 20.1. The number of ether oxygens (including phenoxy) is 4. The Morgan fingerprint density at radius 1 is 0.880 bits per heavy atom. The van der Waals surface area contributed by atoms with Crippen LogP contribution in [0.1, 0.15) is 141 Å². The minimum atomic E-state index is -0.627. The fourth-order valence-electron chi connectivity index (χ4n) is 15.0. The average molecular weight is 1270 g/mol. The summed E-state index contributed by atoms with van der Waals surface area (Å²) >= 11 is 1.62. The minimum Gasteiger partial charge on any atom is -0.468 e. The van der Waals surface area contributed by atoms with Crippen molar-refractivity contribution in [1.29, 1.82) is 0 Å². The SMILES string of the molecule is CCc1cccc2cc(OCOC)cc(-c3ncc4c(N5CC6CCC(C5)N6C(=O)OC(C)(C)C)nc(OCC5(CN6CCC(CC7CN(c8cc(C(C(=O)N9CCC[C@H]9C(=O)N[C@@H](C)c9ccc(-c%10scnc%10C)cc9)C(C)C)on8)C7)CC6)CC5)nc4c3F)c12. The van der Waals surface area contributed by atoms with Crippen LogP contribution in [0.25, 0.3) is 43.4 Å². The van der Waals surface area contributed by atoms with Gasteiger partial charge in [0, 0.05) is 69.6 Å². The van der Waals surface area contributed by atoms with Crippen LogP contribution in [0.3, 0.4) is 0 Å². The van der Waals surface area contributed by atoms with Gasteiger partial charge in [0.25, 0.3) is 0 Å². The van der Waals surface area contributed by atoms with E-state index in [2.05, 4.69) is 67.4 Å². The molecule has 3 aromatic carbocycles. The summed E-state index contributed by atoms with van der Waals surface area (Å²) in [6.07, 6.45) is 10.6. The average Bonchev–Trinajstić information content (AvgIpc) is 0.963. The lowest BCUT2D eigenvalue weighted by atomic mass is 9.83. The van der Waals surface area contributed by atoms with Gasteiger partial charge in [0.2, 0.25) is 11.8 Å². The molecule has 6 fully saturated rings. The topological polar surface area (TPSA) is 194 Å². The molecule has 1 aliphatic carbocycles. The Bertz CT molecular complexity index is 3820. The summed E-state index contributed by atoms with van der Waals surface area (Å²) in [5.41, 5.74) is 6.22. The second kappa shape index (κ2) is 26.1. The van der Waals surface area contributed by atoms with Gasteiger partial charge >= 0.3 is 12.1 Å². The number of hydrogen-bond donors (Lipinski definition) is 1. The summed E-state index contributed by atoms with van der Waals surface area (Å²) in [6, 6.07) is 19.2. The first-order valence-electron chi connectivity index (χ1n) is 33.3. The van der Waals surface area contributed by atoms with Gasteiger partial charge in [-0.3, -0.25) is 19.5 Å². The summed E-state index contributed by atoms with van der Waals surface area (Å²) in [7, 11) is 1.57. The van der Waals surface area contributed by atoms with Crippen LogP contribution in [0, 0.1) is 35.9 Å². The Kier molecular flexibility index (Phi) is 18.0. The highest BCUT2D eigenvalue weighted by Gasteiger charge is 2.48. The summed E-state index contributed by atoms with van der Waals surface area (Å²) in [5.74, 6) is 2.14. The molecule has 5 saturated heterocycles. The number of aryl methyl sites for hydroxylation is 2. The maximum Gasteiger partial charge on any atom is 0.410 e. The van der Waals surface area contributed by atoms with E-state index < -0.39 is 23.4 Å². The van der Waals surface area contributed by atoms with E-state index in [4.69, 9.17) is 38.4 Å². The zero-order valence-electron chi connectivity index (χ0n) is 54.7. The molecule has 6 aliphatic rings. The van der Waals surface area contributed by atoms with Gasteiger partial charge in [0.15, 0.2) is 24.2 Å². The highest BCUT2D eigenvalue weighted by molar-refractivity contribution is 7.13. The number of carbonyl (C=O) groups is 3. The van der Waals surface area contributed by atoms with Crippen LogP contribution in [0.5, 0.6) is 11.8 Å². The van der Waals surface area contributed by atoms with Crippen LogP contribution in [0.15, 0.2) is 76.9 Å². The van der Waals surface area contributed by atoms with Gasteiger partial charge in [0.05, 0.1) is 46.2 Å². The highest BCUT2D eigenvalue weighted by Crippen LogP contribution is 2.48. The summed E-state index contributed by atoms with van der Waals surface area (Å²) in [4.78, 5) is 73.0. The Morgan fingerprint density at radius 2 is 1.64 bits per heavy atom. The lowest BCUT2D eigenvalue weighted by molar-refractivity contribution is -0.141. The molecule has 5 atom stereocenters. The van der Waals surface area contributed by atoms with Crippen molar-refractivity contribution >= 4 is 62.6 Å². The quantitative estimate of drug-likeness (QED) is 0.0667. The standard InChI is InChI=1S/C71H88FN11O8S/c1-10-47-13-11-14-50-30-53(89-41-87-9)31-54(60(47)50)62-61(72)63-55(33-73-62)65(81-36-51-20-21-52(37-81)83(51)69(86)90-70(6,7)8)77-68(76-63)88-39-71(24-25-71)38-79-27-22-45(23-28-79)29-46-34-80(35-46)58-32-57(91-78-58)59(42(2)3)67(85)82-26-12-15-56(82)66(84)75-43(4)48-16-18-49(19-17-48)64-44(5)74-40-92-64/h11,13-14,16-19,30-33,40,42-43,45-46,51-52,56,59H,10,12,15,20-29,34-39,41H2,1-9H3,(H,75,84)/t43-,51?,52?,56-,59?/m0/s1. The van der Waals surface area contributed by atoms with Gasteiger partial charge in [0.1, 0.15) is 40.3 Å². The van der Waals surface area contributed by atoms with Gasteiger partial charge in [-0.05, 0) is 169 Å². The predicted molar refractivity (Wildman–Crippen MR) is 354 cm³/mol. The number of hydrogen-bond acceptors (Lipinski definition) is 17. The molecule has 4 aromatic heterocycles. The Labute approximate surface area is 542 Å². The molecule has 1 saturated carbocycles.